The molecule has 1 heterocycles. The first kappa shape index (κ1) is 19.1. The van der Waals surface area contributed by atoms with Crippen LogP contribution in [0.2, 0.25) is 0 Å². The summed E-state index contributed by atoms with van der Waals surface area (Å²) in [4.78, 5) is 4.60. The van der Waals surface area contributed by atoms with Crippen LogP contribution in [0.25, 0.3) is 0 Å². The van der Waals surface area contributed by atoms with Crippen LogP contribution in [-0.4, -0.2) is 24.7 Å². The average molecular weight is 417 g/mol. The fourth-order valence-corrected chi connectivity index (χ4v) is 2.64. The summed E-state index contributed by atoms with van der Waals surface area (Å²) in [7, 11) is 0. The molecule has 2 rings (SSSR count). The molecule has 0 spiro atoms. The summed E-state index contributed by atoms with van der Waals surface area (Å²) in [6.45, 7) is 10.2. The van der Waals surface area contributed by atoms with Crippen molar-refractivity contribution in [1.29, 1.82) is 0 Å². The first-order valence-corrected chi connectivity index (χ1v) is 7.88. The minimum absolute atomic E-state index is 0. The monoisotopic (exact) mass is 417 g/mol. The third kappa shape index (κ3) is 5.04. The number of aliphatic imine (C=N–C) groups is 1. The highest BCUT2D eigenvalue weighted by Gasteiger charge is 2.33. The highest BCUT2D eigenvalue weighted by molar-refractivity contribution is 14.0. The SMILES string of the molecule is CCCN=C(NCC)NC1CC(C)(C)Oc2ccccc21.I. The highest BCUT2D eigenvalue weighted by Crippen LogP contribution is 2.39. The molecule has 0 bridgehead atoms. The van der Waals surface area contributed by atoms with Gasteiger partial charge in [0.05, 0.1) is 6.04 Å². The van der Waals surface area contributed by atoms with Crippen LogP contribution >= 0.6 is 24.0 Å². The van der Waals surface area contributed by atoms with Gasteiger partial charge < -0.3 is 15.4 Å². The van der Waals surface area contributed by atoms with Crippen LogP contribution in [0.4, 0.5) is 0 Å². The van der Waals surface area contributed by atoms with Crippen LogP contribution in [0.5, 0.6) is 5.75 Å². The number of rotatable bonds is 4. The summed E-state index contributed by atoms with van der Waals surface area (Å²) < 4.78 is 6.07. The molecule has 0 saturated carbocycles. The molecular weight excluding hydrogens is 389 g/mol. The number of hydrogen-bond donors (Lipinski definition) is 2. The number of nitrogens with one attached hydrogen (secondary N) is 2. The summed E-state index contributed by atoms with van der Waals surface area (Å²) in [6.07, 6.45) is 1.97. The molecule has 1 aliphatic heterocycles. The van der Waals surface area contributed by atoms with Crippen molar-refractivity contribution in [2.75, 3.05) is 13.1 Å². The Bertz CT molecular complexity index is 502. The molecule has 1 aliphatic rings. The number of benzene rings is 1. The molecule has 0 amide bonds. The molecular formula is C17H28IN3O. The molecule has 0 fully saturated rings. The molecule has 0 aromatic heterocycles. The Morgan fingerprint density at radius 3 is 2.73 bits per heavy atom. The lowest BCUT2D eigenvalue weighted by atomic mass is 9.90. The smallest absolute Gasteiger partial charge is 0.191 e. The molecule has 4 nitrogen and oxygen atoms in total. The fourth-order valence-electron chi connectivity index (χ4n) is 2.64. The van der Waals surface area contributed by atoms with Crippen LogP contribution in [0.3, 0.4) is 0 Å². The quantitative estimate of drug-likeness (QED) is 0.444. The first-order chi connectivity index (χ1) is 10.1. The van der Waals surface area contributed by atoms with Crippen molar-refractivity contribution in [2.45, 2.75) is 52.2 Å². The maximum Gasteiger partial charge on any atom is 0.191 e. The van der Waals surface area contributed by atoms with Crippen molar-refractivity contribution in [3.63, 3.8) is 0 Å². The summed E-state index contributed by atoms with van der Waals surface area (Å²) in [6, 6.07) is 8.48. The first-order valence-electron chi connectivity index (χ1n) is 7.88. The van der Waals surface area contributed by atoms with Crippen LogP contribution in [0.15, 0.2) is 29.3 Å². The maximum absolute atomic E-state index is 6.07. The van der Waals surface area contributed by atoms with E-state index in [4.69, 9.17) is 4.74 Å². The van der Waals surface area contributed by atoms with E-state index in [9.17, 15) is 0 Å². The second-order valence-electron chi connectivity index (χ2n) is 6.06. The van der Waals surface area contributed by atoms with Crippen molar-refractivity contribution < 1.29 is 4.74 Å². The molecule has 22 heavy (non-hydrogen) atoms. The summed E-state index contributed by atoms with van der Waals surface area (Å²) in [5.74, 6) is 1.86. The van der Waals surface area contributed by atoms with Crippen molar-refractivity contribution in [2.24, 2.45) is 4.99 Å². The van der Waals surface area contributed by atoms with Gasteiger partial charge in [0.1, 0.15) is 11.4 Å². The third-order valence-electron chi connectivity index (χ3n) is 3.53. The second kappa shape index (κ2) is 8.60. The van der Waals surface area contributed by atoms with Gasteiger partial charge >= 0.3 is 0 Å². The minimum atomic E-state index is -0.173. The Balaban J connectivity index is 0.00000242. The summed E-state index contributed by atoms with van der Waals surface area (Å²) in [5, 5.41) is 6.88. The lowest BCUT2D eigenvalue weighted by Crippen LogP contribution is -2.45. The van der Waals surface area contributed by atoms with Crippen LogP contribution in [-0.2, 0) is 0 Å². The molecule has 2 N–H and O–H groups in total. The molecule has 5 heteroatoms. The molecule has 0 saturated heterocycles. The maximum atomic E-state index is 6.07. The van der Waals surface area contributed by atoms with E-state index in [0.29, 0.717) is 0 Å². The largest absolute Gasteiger partial charge is 0.487 e. The molecule has 0 radical (unpaired) electrons. The van der Waals surface area contributed by atoms with Crippen molar-refractivity contribution in [1.82, 2.24) is 10.6 Å². The van der Waals surface area contributed by atoms with Crippen LogP contribution in [0, 0.1) is 0 Å². The zero-order chi connectivity index (χ0) is 15.3. The van der Waals surface area contributed by atoms with E-state index < -0.39 is 0 Å². The molecule has 1 unspecified atom stereocenters. The fraction of sp³-hybridized carbons (Fsp3) is 0.588. The van der Waals surface area contributed by atoms with Gasteiger partial charge in [0.25, 0.3) is 0 Å². The topological polar surface area (TPSA) is 45.7 Å². The van der Waals surface area contributed by atoms with Gasteiger partial charge in [-0.2, -0.15) is 0 Å². The average Bonchev–Trinajstić information content (AvgIpc) is 2.43. The lowest BCUT2D eigenvalue weighted by molar-refractivity contribution is 0.0694. The number of nitrogens with zero attached hydrogens (tertiary/aromatic N) is 1. The number of halogens is 1. The van der Waals surface area contributed by atoms with Gasteiger partial charge in [0.2, 0.25) is 0 Å². The molecule has 1 atom stereocenters. The Kier molecular flexibility index (Phi) is 7.45. The standard InChI is InChI=1S/C17H27N3O.HI/c1-5-11-19-16(18-6-2)20-14-12-17(3,4)21-15-10-8-7-9-13(14)15;/h7-10,14H,5-6,11-12H2,1-4H3,(H2,18,19,20);1H. The Morgan fingerprint density at radius 1 is 1.32 bits per heavy atom. The van der Waals surface area contributed by atoms with E-state index in [1.807, 2.05) is 12.1 Å². The molecule has 1 aromatic carbocycles. The third-order valence-corrected chi connectivity index (χ3v) is 3.53. The highest BCUT2D eigenvalue weighted by atomic mass is 127. The Hall–Kier alpha value is -0.980. The van der Waals surface area contributed by atoms with Crippen LogP contribution < -0.4 is 15.4 Å². The molecule has 1 aromatic rings. The second-order valence-corrected chi connectivity index (χ2v) is 6.06. The zero-order valence-electron chi connectivity index (χ0n) is 14.0. The predicted octanol–water partition coefficient (Wildman–Crippen LogP) is 3.87. The van der Waals surface area contributed by atoms with Gasteiger partial charge in [-0.1, -0.05) is 25.1 Å². The van der Waals surface area contributed by atoms with Gasteiger partial charge in [-0.05, 0) is 33.3 Å². The van der Waals surface area contributed by atoms with Crippen molar-refractivity contribution in [3.05, 3.63) is 29.8 Å². The molecule has 124 valence electrons. The lowest BCUT2D eigenvalue weighted by Gasteiger charge is -2.38. The Morgan fingerprint density at radius 2 is 2.05 bits per heavy atom. The number of guanidine groups is 1. The van der Waals surface area contributed by atoms with E-state index in [1.54, 1.807) is 0 Å². The molecule has 0 aliphatic carbocycles. The van der Waals surface area contributed by atoms with E-state index in [-0.39, 0.29) is 35.6 Å². The van der Waals surface area contributed by atoms with E-state index in [0.717, 1.165) is 37.6 Å². The van der Waals surface area contributed by atoms with Gasteiger partial charge in [0, 0.05) is 25.1 Å². The number of hydrogen-bond acceptors (Lipinski definition) is 2. The van der Waals surface area contributed by atoms with Gasteiger partial charge in [0.15, 0.2) is 5.96 Å². The number of fused-ring (bicyclic) bond motifs is 1. The van der Waals surface area contributed by atoms with E-state index in [1.165, 1.54) is 5.56 Å². The van der Waals surface area contributed by atoms with Gasteiger partial charge in [-0.25, -0.2) is 0 Å². The van der Waals surface area contributed by atoms with Crippen LogP contribution in [0.1, 0.15) is 52.1 Å². The zero-order valence-corrected chi connectivity index (χ0v) is 16.3. The summed E-state index contributed by atoms with van der Waals surface area (Å²) >= 11 is 0. The number of para-hydroxylation sites is 1. The van der Waals surface area contributed by atoms with Gasteiger partial charge in [-0.15, -0.1) is 24.0 Å². The normalized spacial score (nSPS) is 19.5. The Labute approximate surface area is 151 Å². The summed E-state index contributed by atoms with van der Waals surface area (Å²) in [5.41, 5.74) is 1.03. The predicted molar refractivity (Wildman–Crippen MR) is 103 cm³/mol. The van der Waals surface area contributed by atoms with Crippen molar-refractivity contribution in [3.8, 4) is 5.75 Å². The number of ether oxygens (including phenoxy) is 1. The van der Waals surface area contributed by atoms with Crippen molar-refractivity contribution >= 4 is 29.9 Å². The minimum Gasteiger partial charge on any atom is -0.487 e. The van der Waals surface area contributed by atoms with Gasteiger partial charge in [-0.3, -0.25) is 4.99 Å². The van der Waals surface area contributed by atoms with E-state index >= 15 is 0 Å². The van der Waals surface area contributed by atoms with E-state index in [2.05, 4.69) is 55.5 Å².